The van der Waals surface area contributed by atoms with Gasteiger partial charge in [-0.2, -0.15) is 0 Å². The second kappa shape index (κ2) is 4.31. The Kier molecular flexibility index (Phi) is 3.31. The highest BCUT2D eigenvalue weighted by Crippen LogP contribution is 2.17. The van der Waals surface area contributed by atoms with E-state index in [1.165, 1.54) is 12.1 Å². The summed E-state index contributed by atoms with van der Waals surface area (Å²) in [5.41, 5.74) is 5.43. The number of amides is 1. The Bertz CT molecular complexity index is 361. The fraction of sp³-hybridized carbons (Fsp3) is 0.364. The number of nitrogens with two attached hydrogens (primary N) is 1. The Hall–Kier alpha value is -1.55. The summed E-state index contributed by atoms with van der Waals surface area (Å²) in [4.78, 5) is 11.7. The third-order valence-corrected chi connectivity index (χ3v) is 2.36. The van der Waals surface area contributed by atoms with E-state index in [1.807, 2.05) is 6.92 Å². The molecule has 0 heterocycles. The number of hydrogen-bond donors (Lipinski definition) is 3. The minimum absolute atomic E-state index is 0.114. The number of anilines is 1. The molecule has 0 aliphatic carbocycles. The Labute approximate surface area is 89.1 Å². The van der Waals surface area contributed by atoms with E-state index in [-0.39, 0.29) is 11.7 Å². The SMILES string of the molecule is CCC(C)(N)C(=O)Nc1cccc(O)c1. The van der Waals surface area contributed by atoms with Crippen LogP contribution in [0, 0.1) is 0 Å². The van der Waals surface area contributed by atoms with Crippen LogP contribution >= 0.6 is 0 Å². The van der Waals surface area contributed by atoms with Crippen LogP contribution in [0.1, 0.15) is 20.3 Å². The molecule has 0 bridgehead atoms. The number of nitrogens with one attached hydrogen (secondary N) is 1. The molecular formula is C11H16N2O2. The fourth-order valence-electron chi connectivity index (χ4n) is 1.02. The van der Waals surface area contributed by atoms with Crippen molar-refractivity contribution in [2.24, 2.45) is 5.73 Å². The molecule has 1 unspecified atom stereocenters. The van der Waals surface area contributed by atoms with Gasteiger partial charge in [-0.15, -0.1) is 0 Å². The van der Waals surface area contributed by atoms with Crippen molar-refractivity contribution in [2.75, 3.05) is 5.32 Å². The monoisotopic (exact) mass is 208 g/mol. The molecule has 0 fully saturated rings. The molecule has 1 amide bonds. The zero-order valence-corrected chi connectivity index (χ0v) is 8.95. The summed E-state index contributed by atoms with van der Waals surface area (Å²) in [5.74, 6) is -0.140. The minimum Gasteiger partial charge on any atom is -0.508 e. The first kappa shape index (κ1) is 11.5. The van der Waals surface area contributed by atoms with Crippen molar-refractivity contribution < 1.29 is 9.90 Å². The molecule has 15 heavy (non-hydrogen) atoms. The normalized spacial score (nSPS) is 14.3. The van der Waals surface area contributed by atoms with Crippen molar-refractivity contribution in [3.63, 3.8) is 0 Å². The second-order valence-electron chi connectivity index (χ2n) is 3.78. The van der Waals surface area contributed by atoms with E-state index in [1.54, 1.807) is 19.1 Å². The zero-order valence-electron chi connectivity index (χ0n) is 8.95. The maximum Gasteiger partial charge on any atom is 0.244 e. The van der Waals surface area contributed by atoms with Crippen LogP contribution < -0.4 is 11.1 Å². The standard InChI is InChI=1S/C11H16N2O2/c1-3-11(2,12)10(15)13-8-5-4-6-9(14)7-8/h4-7,14H,3,12H2,1-2H3,(H,13,15). The predicted molar refractivity (Wildman–Crippen MR) is 59.6 cm³/mol. The maximum absolute atomic E-state index is 11.7. The first-order valence-corrected chi connectivity index (χ1v) is 4.85. The van der Waals surface area contributed by atoms with Crippen LogP contribution in [0.3, 0.4) is 0 Å². The molecule has 4 heteroatoms. The molecule has 1 aromatic carbocycles. The molecule has 1 aromatic rings. The first-order chi connectivity index (χ1) is 6.95. The van der Waals surface area contributed by atoms with Crippen LogP contribution in [0.25, 0.3) is 0 Å². The molecule has 1 atom stereocenters. The van der Waals surface area contributed by atoms with Gasteiger partial charge in [-0.25, -0.2) is 0 Å². The highest BCUT2D eigenvalue weighted by Gasteiger charge is 2.25. The Morgan fingerprint density at radius 1 is 1.60 bits per heavy atom. The van der Waals surface area contributed by atoms with Gasteiger partial charge in [0.25, 0.3) is 0 Å². The summed E-state index contributed by atoms with van der Waals surface area (Å²) in [5, 5.41) is 11.9. The van der Waals surface area contributed by atoms with Gasteiger partial charge in [-0.1, -0.05) is 13.0 Å². The summed E-state index contributed by atoms with van der Waals surface area (Å²) in [6, 6.07) is 6.37. The van der Waals surface area contributed by atoms with E-state index in [0.29, 0.717) is 12.1 Å². The zero-order chi connectivity index (χ0) is 11.5. The van der Waals surface area contributed by atoms with E-state index >= 15 is 0 Å². The van der Waals surface area contributed by atoms with Crippen LogP contribution in [-0.2, 0) is 4.79 Å². The van der Waals surface area contributed by atoms with Crippen molar-refractivity contribution in [3.05, 3.63) is 24.3 Å². The Morgan fingerprint density at radius 2 is 2.27 bits per heavy atom. The lowest BCUT2D eigenvalue weighted by Crippen LogP contribution is -2.47. The van der Waals surface area contributed by atoms with Gasteiger partial charge in [0, 0.05) is 11.8 Å². The molecule has 82 valence electrons. The van der Waals surface area contributed by atoms with Crippen molar-refractivity contribution in [3.8, 4) is 5.75 Å². The number of benzene rings is 1. The number of hydrogen-bond acceptors (Lipinski definition) is 3. The average molecular weight is 208 g/mol. The topological polar surface area (TPSA) is 75.4 Å². The summed E-state index contributed by atoms with van der Waals surface area (Å²) >= 11 is 0. The van der Waals surface area contributed by atoms with Gasteiger partial charge >= 0.3 is 0 Å². The Balaban J connectivity index is 2.75. The molecule has 0 aliphatic heterocycles. The van der Waals surface area contributed by atoms with Crippen LogP contribution in [0.4, 0.5) is 5.69 Å². The lowest BCUT2D eigenvalue weighted by molar-refractivity contribution is -0.120. The lowest BCUT2D eigenvalue weighted by atomic mass is 9.99. The summed E-state index contributed by atoms with van der Waals surface area (Å²) in [6.45, 7) is 3.52. The van der Waals surface area contributed by atoms with Crippen molar-refractivity contribution in [2.45, 2.75) is 25.8 Å². The number of aromatic hydroxyl groups is 1. The molecular weight excluding hydrogens is 192 g/mol. The van der Waals surface area contributed by atoms with Gasteiger partial charge in [0.05, 0.1) is 5.54 Å². The van der Waals surface area contributed by atoms with Gasteiger partial charge in [0.15, 0.2) is 0 Å². The number of rotatable bonds is 3. The molecule has 4 N–H and O–H groups in total. The van der Waals surface area contributed by atoms with Gasteiger partial charge in [-0.3, -0.25) is 4.79 Å². The number of carbonyl (C=O) groups is 1. The van der Waals surface area contributed by atoms with E-state index in [4.69, 9.17) is 5.73 Å². The average Bonchev–Trinajstić information content (AvgIpc) is 2.17. The molecule has 0 radical (unpaired) electrons. The number of carbonyl (C=O) groups excluding carboxylic acids is 1. The van der Waals surface area contributed by atoms with Crippen molar-refractivity contribution >= 4 is 11.6 Å². The quantitative estimate of drug-likeness (QED) is 0.703. The molecule has 4 nitrogen and oxygen atoms in total. The van der Waals surface area contributed by atoms with E-state index < -0.39 is 5.54 Å². The minimum atomic E-state index is -0.883. The molecule has 0 aliphatic rings. The largest absolute Gasteiger partial charge is 0.508 e. The fourth-order valence-corrected chi connectivity index (χ4v) is 1.02. The molecule has 0 aromatic heterocycles. The first-order valence-electron chi connectivity index (χ1n) is 4.85. The van der Waals surface area contributed by atoms with Gasteiger partial charge in [0.1, 0.15) is 5.75 Å². The van der Waals surface area contributed by atoms with Gasteiger partial charge in [0.2, 0.25) is 5.91 Å². The summed E-state index contributed by atoms with van der Waals surface area (Å²) in [7, 11) is 0. The van der Waals surface area contributed by atoms with Crippen LogP contribution in [-0.4, -0.2) is 16.6 Å². The molecule has 1 rings (SSSR count). The number of phenols is 1. The highest BCUT2D eigenvalue weighted by atomic mass is 16.3. The number of phenolic OH excluding ortho intramolecular Hbond substituents is 1. The van der Waals surface area contributed by atoms with Crippen molar-refractivity contribution in [1.29, 1.82) is 0 Å². The molecule has 0 saturated carbocycles. The predicted octanol–water partition coefficient (Wildman–Crippen LogP) is 1.46. The van der Waals surface area contributed by atoms with E-state index in [9.17, 15) is 9.90 Å². The van der Waals surface area contributed by atoms with Crippen LogP contribution in [0.5, 0.6) is 5.75 Å². The third-order valence-electron chi connectivity index (χ3n) is 2.36. The summed E-state index contributed by atoms with van der Waals surface area (Å²) < 4.78 is 0. The van der Waals surface area contributed by atoms with Gasteiger partial charge in [-0.05, 0) is 25.5 Å². The van der Waals surface area contributed by atoms with Crippen LogP contribution in [0.15, 0.2) is 24.3 Å². The molecule has 0 spiro atoms. The van der Waals surface area contributed by atoms with Gasteiger partial charge < -0.3 is 16.2 Å². The third kappa shape index (κ3) is 2.95. The van der Waals surface area contributed by atoms with Crippen molar-refractivity contribution in [1.82, 2.24) is 0 Å². The smallest absolute Gasteiger partial charge is 0.244 e. The Morgan fingerprint density at radius 3 is 2.80 bits per heavy atom. The second-order valence-corrected chi connectivity index (χ2v) is 3.78. The highest BCUT2D eigenvalue weighted by molar-refractivity contribution is 5.97. The lowest BCUT2D eigenvalue weighted by Gasteiger charge is -2.21. The maximum atomic E-state index is 11.7. The summed E-state index contributed by atoms with van der Waals surface area (Å²) in [6.07, 6.45) is 0.553. The van der Waals surface area contributed by atoms with E-state index in [2.05, 4.69) is 5.32 Å². The molecule has 0 saturated heterocycles. The van der Waals surface area contributed by atoms with E-state index in [0.717, 1.165) is 0 Å². The van der Waals surface area contributed by atoms with Crippen LogP contribution in [0.2, 0.25) is 0 Å².